The minimum atomic E-state index is 0.187. The predicted octanol–water partition coefficient (Wildman–Crippen LogP) is 3.69. The molecule has 0 spiro atoms. The van der Waals surface area contributed by atoms with E-state index in [1.165, 1.54) is 44.1 Å². The SMILES string of the molecule is CC12CC3CC(C1)CC(C(N)c1cccnc1)(C3)C2. The van der Waals surface area contributed by atoms with Gasteiger partial charge in [-0.05, 0) is 72.8 Å². The first-order valence-electron chi connectivity index (χ1n) is 7.74. The first kappa shape index (κ1) is 11.9. The number of hydrogen-bond donors (Lipinski definition) is 1. The molecule has 4 aliphatic carbocycles. The van der Waals surface area contributed by atoms with E-state index in [0.717, 1.165) is 11.8 Å². The van der Waals surface area contributed by atoms with Crippen LogP contribution in [0.25, 0.3) is 0 Å². The van der Waals surface area contributed by atoms with Gasteiger partial charge in [-0.15, -0.1) is 0 Å². The zero-order valence-electron chi connectivity index (χ0n) is 11.8. The predicted molar refractivity (Wildman–Crippen MR) is 76.4 cm³/mol. The van der Waals surface area contributed by atoms with Crippen molar-refractivity contribution in [3.63, 3.8) is 0 Å². The van der Waals surface area contributed by atoms with Crippen LogP contribution in [0, 0.1) is 22.7 Å². The van der Waals surface area contributed by atoms with Crippen LogP contribution in [0.5, 0.6) is 0 Å². The Balaban J connectivity index is 1.70. The molecule has 2 N–H and O–H groups in total. The fourth-order valence-corrected chi connectivity index (χ4v) is 6.08. The molecule has 4 saturated carbocycles. The third kappa shape index (κ3) is 1.76. The number of hydrogen-bond acceptors (Lipinski definition) is 2. The quantitative estimate of drug-likeness (QED) is 0.876. The lowest BCUT2D eigenvalue weighted by Gasteiger charge is -2.63. The summed E-state index contributed by atoms with van der Waals surface area (Å²) < 4.78 is 0. The van der Waals surface area contributed by atoms with Crippen molar-refractivity contribution in [2.45, 2.75) is 51.5 Å². The Labute approximate surface area is 115 Å². The molecule has 2 heteroatoms. The highest BCUT2D eigenvalue weighted by Crippen LogP contribution is 2.67. The first-order valence-corrected chi connectivity index (χ1v) is 7.74. The van der Waals surface area contributed by atoms with Crippen molar-refractivity contribution < 1.29 is 0 Å². The van der Waals surface area contributed by atoms with E-state index in [9.17, 15) is 0 Å². The van der Waals surface area contributed by atoms with Crippen molar-refractivity contribution in [3.05, 3.63) is 30.1 Å². The summed E-state index contributed by atoms with van der Waals surface area (Å²) in [6.45, 7) is 2.51. The largest absolute Gasteiger partial charge is 0.323 e. The zero-order valence-corrected chi connectivity index (χ0v) is 11.8. The van der Waals surface area contributed by atoms with Crippen molar-refractivity contribution in [1.82, 2.24) is 4.98 Å². The molecule has 4 aliphatic rings. The van der Waals surface area contributed by atoms with Gasteiger partial charge < -0.3 is 5.73 Å². The molecule has 0 aromatic carbocycles. The Morgan fingerprint density at radius 2 is 2.00 bits per heavy atom. The molecule has 5 rings (SSSR count). The topological polar surface area (TPSA) is 38.9 Å². The normalized spacial score (nSPS) is 45.4. The molecule has 0 saturated heterocycles. The summed E-state index contributed by atoms with van der Waals surface area (Å²) in [4.78, 5) is 4.27. The highest BCUT2D eigenvalue weighted by Gasteiger charge is 2.57. The second-order valence-electron chi connectivity index (χ2n) is 7.90. The van der Waals surface area contributed by atoms with Crippen molar-refractivity contribution in [3.8, 4) is 0 Å². The van der Waals surface area contributed by atoms with E-state index in [1.807, 2.05) is 18.5 Å². The highest BCUT2D eigenvalue weighted by atomic mass is 14.8. The Morgan fingerprint density at radius 1 is 1.26 bits per heavy atom. The monoisotopic (exact) mass is 256 g/mol. The first-order chi connectivity index (χ1) is 9.09. The molecule has 3 unspecified atom stereocenters. The van der Waals surface area contributed by atoms with E-state index in [-0.39, 0.29) is 6.04 Å². The van der Waals surface area contributed by atoms with Gasteiger partial charge in [0.25, 0.3) is 0 Å². The summed E-state index contributed by atoms with van der Waals surface area (Å²) in [5, 5.41) is 0. The van der Waals surface area contributed by atoms with E-state index in [0.29, 0.717) is 10.8 Å². The van der Waals surface area contributed by atoms with Crippen LogP contribution in [0.15, 0.2) is 24.5 Å². The molecule has 1 heterocycles. The maximum atomic E-state index is 6.71. The molecule has 4 bridgehead atoms. The van der Waals surface area contributed by atoms with Crippen LogP contribution in [-0.2, 0) is 0 Å². The zero-order chi connectivity index (χ0) is 13.1. The molecule has 4 fully saturated rings. The molecule has 2 nitrogen and oxygen atoms in total. The number of nitrogens with two attached hydrogens (primary N) is 1. The van der Waals surface area contributed by atoms with Crippen LogP contribution in [0.4, 0.5) is 0 Å². The molecule has 102 valence electrons. The number of rotatable bonds is 2. The van der Waals surface area contributed by atoms with Crippen LogP contribution in [0.2, 0.25) is 0 Å². The van der Waals surface area contributed by atoms with Gasteiger partial charge in [0.15, 0.2) is 0 Å². The van der Waals surface area contributed by atoms with Crippen LogP contribution in [0.1, 0.15) is 57.1 Å². The van der Waals surface area contributed by atoms with Crippen molar-refractivity contribution >= 4 is 0 Å². The Morgan fingerprint density at radius 3 is 2.58 bits per heavy atom. The van der Waals surface area contributed by atoms with Crippen LogP contribution in [0.3, 0.4) is 0 Å². The van der Waals surface area contributed by atoms with Gasteiger partial charge in [-0.1, -0.05) is 13.0 Å². The minimum Gasteiger partial charge on any atom is -0.323 e. The summed E-state index contributed by atoms with van der Waals surface area (Å²) in [7, 11) is 0. The molecule has 19 heavy (non-hydrogen) atoms. The summed E-state index contributed by atoms with van der Waals surface area (Å²) in [6, 6.07) is 4.38. The van der Waals surface area contributed by atoms with Gasteiger partial charge in [0.1, 0.15) is 0 Å². The van der Waals surface area contributed by atoms with Crippen molar-refractivity contribution in [1.29, 1.82) is 0 Å². The minimum absolute atomic E-state index is 0.187. The van der Waals surface area contributed by atoms with Gasteiger partial charge in [0.05, 0.1) is 0 Å². The van der Waals surface area contributed by atoms with E-state index in [2.05, 4.69) is 18.0 Å². The number of pyridine rings is 1. The average molecular weight is 256 g/mol. The van der Waals surface area contributed by atoms with Gasteiger partial charge >= 0.3 is 0 Å². The molecule has 0 radical (unpaired) electrons. The second-order valence-corrected chi connectivity index (χ2v) is 7.90. The van der Waals surface area contributed by atoms with E-state index in [1.54, 1.807) is 0 Å². The van der Waals surface area contributed by atoms with E-state index < -0.39 is 0 Å². The fraction of sp³-hybridized carbons (Fsp3) is 0.706. The van der Waals surface area contributed by atoms with Crippen molar-refractivity contribution in [2.24, 2.45) is 28.4 Å². The van der Waals surface area contributed by atoms with Crippen LogP contribution in [-0.4, -0.2) is 4.98 Å². The van der Waals surface area contributed by atoms with E-state index in [4.69, 9.17) is 5.73 Å². The van der Waals surface area contributed by atoms with E-state index >= 15 is 0 Å². The second kappa shape index (κ2) is 3.82. The Hall–Kier alpha value is -0.890. The van der Waals surface area contributed by atoms with Crippen molar-refractivity contribution in [2.75, 3.05) is 0 Å². The van der Waals surface area contributed by atoms with Gasteiger partial charge in [-0.2, -0.15) is 0 Å². The summed E-state index contributed by atoms with van der Waals surface area (Å²) in [5.74, 6) is 1.88. The molecular weight excluding hydrogens is 232 g/mol. The molecule has 3 atom stereocenters. The lowest BCUT2D eigenvalue weighted by atomic mass is 9.43. The summed E-state index contributed by atoms with van der Waals surface area (Å²) >= 11 is 0. The fourth-order valence-electron chi connectivity index (χ4n) is 6.08. The van der Waals surface area contributed by atoms with Crippen LogP contribution < -0.4 is 5.73 Å². The van der Waals surface area contributed by atoms with Gasteiger partial charge in [0.2, 0.25) is 0 Å². The molecule has 0 aliphatic heterocycles. The lowest BCUT2D eigenvalue weighted by Crippen LogP contribution is -2.54. The highest BCUT2D eigenvalue weighted by molar-refractivity contribution is 5.20. The third-order valence-corrected chi connectivity index (χ3v) is 6.10. The molecule has 1 aromatic heterocycles. The maximum Gasteiger partial charge on any atom is 0.0367 e. The van der Waals surface area contributed by atoms with Gasteiger partial charge in [-0.3, -0.25) is 4.98 Å². The van der Waals surface area contributed by atoms with Gasteiger partial charge in [-0.25, -0.2) is 0 Å². The maximum absolute atomic E-state index is 6.71. The smallest absolute Gasteiger partial charge is 0.0367 e. The molecular formula is C17H24N2. The summed E-state index contributed by atoms with van der Waals surface area (Å²) in [5.41, 5.74) is 8.89. The Kier molecular flexibility index (Phi) is 2.39. The molecule has 1 aromatic rings. The van der Waals surface area contributed by atoms with Crippen LogP contribution >= 0.6 is 0 Å². The Bertz CT molecular complexity index is 467. The average Bonchev–Trinajstić information content (AvgIpc) is 2.36. The lowest BCUT2D eigenvalue weighted by molar-refractivity contribution is -0.113. The standard InChI is InChI=1S/C17H24N2/c1-16-6-12-5-13(7-16)9-17(8-12,11-16)15(18)14-3-2-4-19-10-14/h2-4,10,12-13,15H,5-9,11,18H2,1H3. The molecule has 0 amide bonds. The third-order valence-electron chi connectivity index (χ3n) is 6.10. The summed E-state index contributed by atoms with van der Waals surface area (Å²) in [6.07, 6.45) is 12.2. The van der Waals surface area contributed by atoms with Gasteiger partial charge in [0, 0.05) is 18.4 Å². The number of aromatic nitrogens is 1. The number of nitrogens with zero attached hydrogens (tertiary/aromatic N) is 1.